The normalized spacial score (nSPS) is 15.7. The third kappa shape index (κ3) is 4.01. The summed E-state index contributed by atoms with van der Waals surface area (Å²) in [5.74, 6) is 1.38. The lowest BCUT2D eigenvalue weighted by molar-refractivity contribution is 0.0988. The van der Waals surface area contributed by atoms with Gasteiger partial charge in [-0.2, -0.15) is 5.10 Å². The Labute approximate surface area is 205 Å². The number of hydrogen-bond donors (Lipinski definition) is 2. The molecule has 2 heterocycles. The summed E-state index contributed by atoms with van der Waals surface area (Å²) in [7, 11) is 3.18. The van der Waals surface area contributed by atoms with Crippen LogP contribution in [0.25, 0.3) is 5.76 Å². The number of rotatable bonds is 7. The van der Waals surface area contributed by atoms with Crippen molar-refractivity contribution in [1.82, 2.24) is 10.2 Å². The number of anilines is 1. The highest BCUT2D eigenvalue weighted by Gasteiger charge is 2.45. The molecule has 35 heavy (non-hydrogen) atoms. The quantitative estimate of drug-likeness (QED) is 0.473. The molecule has 0 radical (unpaired) electrons. The second kappa shape index (κ2) is 9.21. The minimum Gasteiger partial charge on any atom is -0.496 e. The van der Waals surface area contributed by atoms with Crippen LogP contribution in [0.4, 0.5) is 5.69 Å². The zero-order valence-electron chi connectivity index (χ0n) is 20.6. The van der Waals surface area contributed by atoms with Crippen LogP contribution in [0.5, 0.6) is 11.5 Å². The van der Waals surface area contributed by atoms with Gasteiger partial charge in [-0.3, -0.25) is 14.8 Å². The molecule has 0 spiro atoms. The molecule has 1 atom stereocenters. The van der Waals surface area contributed by atoms with Gasteiger partial charge < -0.3 is 19.9 Å². The van der Waals surface area contributed by atoms with Crippen LogP contribution in [0, 0.1) is 0 Å². The fraction of sp³-hybridized carbons (Fsp3) is 0.259. The Morgan fingerprint density at radius 3 is 2.49 bits per heavy atom. The molecule has 1 aliphatic rings. The van der Waals surface area contributed by atoms with Gasteiger partial charge in [0.25, 0.3) is 5.91 Å². The van der Waals surface area contributed by atoms with Crippen molar-refractivity contribution < 1.29 is 19.0 Å². The van der Waals surface area contributed by atoms with E-state index >= 15 is 0 Å². The maximum absolute atomic E-state index is 13.8. The van der Waals surface area contributed by atoms with Crippen LogP contribution in [0.2, 0.25) is 0 Å². The number of fused-ring (bicyclic) bond motifs is 1. The van der Waals surface area contributed by atoms with Crippen LogP contribution in [0.1, 0.15) is 59.7 Å². The number of carbonyl (C=O) groups is 1. The summed E-state index contributed by atoms with van der Waals surface area (Å²) in [5.41, 5.74) is 9.73. The smallest absolute Gasteiger partial charge is 0.277 e. The van der Waals surface area contributed by atoms with Crippen molar-refractivity contribution in [3.63, 3.8) is 0 Å². The fourth-order valence-corrected chi connectivity index (χ4v) is 4.49. The molecular weight excluding hydrogens is 444 g/mol. The van der Waals surface area contributed by atoms with Gasteiger partial charge in [0.05, 0.1) is 37.8 Å². The molecule has 1 aliphatic heterocycles. The molecule has 0 fully saturated rings. The second-order valence-corrected chi connectivity index (χ2v) is 9.13. The first-order valence-electron chi connectivity index (χ1n) is 11.2. The minimum atomic E-state index is -0.453. The predicted molar refractivity (Wildman–Crippen MR) is 135 cm³/mol. The van der Waals surface area contributed by atoms with E-state index in [2.05, 4.69) is 37.5 Å². The van der Waals surface area contributed by atoms with Gasteiger partial charge in [-0.25, -0.2) is 0 Å². The van der Waals surface area contributed by atoms with Gasteiger partial charge in [0.1, 0.15) is 17.2 Å². The van der Waals surface area contributed by atoms with Gasteiger partial charge in [-0.15, -0.1) is 0 Å². The van der Waals surface area contributed by atoms with E-state index in [9.17, 15) is 4.79 Å². The predicted octanol–water partition coefficient (Wildman–Crippen LogP) is 4.89. The van der Waals surface area contributed by atoms with Crippen molar-refractivity contribution in [3.8, 4) is 11.5 Å². The highest BCUT2D eigenvalue weighted by Crippen LogP contribution is 2.48. The van der Waals surface area contributed by atoms with Gasteiger partial charge in [-0.05, 0) is 18.2 Å². The molecule has 4 rings (SSSR count). The molecule has 2 aromatic carbocycles. The molecule has 0 bridgehead atoms. The molecule has 0 saturated heterocycles. The average molecular weight is 475 g/mol. The van der Waals surface area contributed by atoms with E-state index in [4.69, 9.17) is 19.9 Å². The number of amides is 1. The minimum absolute atomic E-state index is 0.189. The Kier molecular flexibility index (Phi) is 6.30. The van der Waals surface area contributed by atoms with Crippen LogP contribution in [-0.4, -0.2) is 30.3 Å². The lowest BCUT2D eigenvalue weighted by Gasteiger charge is -2.29. The van der Waals surface area contributed by atoms with Crippen molar-refractivity contribution in [2.45, 2.75) is 32.2 Å². The number of nitrogens with two attached hydrogens (primary N) is 1. The monoisotopic (exact) mass is 474 g/mol. The largest absolute Gasteiger partial charge is 0.496 e. The van der Waals surface area contributed by atoms with Gasteiger partial charge in [-0.1, -0.05) is 45.5 Å². The number of H-pyrrole nitrogens is 1. The Morgan fingerprint density at radius 1 is 1.14 bits per heavy atom. The Hall–Kier alpha value is -4.20. The molecule has 1 aromatic heterocycles. The highest BCUT2D eigenvalue weighted by molar-refractivity contribution is 6.11. The number of hydrogen-bond acceptors (Lipinski definition) is 6. The maximum atomic E-state index is 13.8. The topological polar surface area (TPSA) is 103 Å². The molecule has 1 amide bonds. The van der Waals surface area contributed by atoms with Crippen LogP contribution < -0.4 is 20.1 Å². The third-order valence-electron chi connectivity index (χ3n) is 6.00. The van der Waals surface area contributed by atoms with Crippen molar-refractivity contribution in [3.05, 3.63) is 89.6 Å². The van der Waals surface area contributed by atoms with E-state index in [1.165, 1.54) is 12.5 Å². The van der Waals surface area contributed by atoms with Gasteiger partial charge in [0, 0.05) is 34.5 Å². The number of aromatic nitrogens is 2. The van der Waals surface area contributed by atoms with Crippen molar-refractivity contribution >= 4 is 17.4 Å². The van der Waals surface area contributed by atoms with Crippen LogP contribution in [0.3, 0.4) is 0 Å². The molecule has 182 valence electrons. The molecule has 0 aliphatic carbocycles. The number of ether oxygens (including phenoxy) is 3. The number of nitrogens with zero attached hydrogens (tertiary/aromatic N) is 2. The number of methoxy groups -OCH3 is 2. The SMILES string of the molecule is C=CO/C(=C\N)c1ccc(N2C(=O)c3[nH]nc(C(C)(C)C)c3C2c2ccccc2OC)cc1OC. The zero-order valence-corrected chi connectivity index (χ0v) is 20.6. The Balaban J connectivity index is 1.93. The van der Waals surface area contributed by atoms with E-state index in [1.54, 1.807) is 31.3 Å². The standard InChI is InChI=1S/C27H30N4O4/c1-7-35-21(15-28)17-13-12-16(14-20(17)34-6)31-24(18-10-8-9-11-19(18)33-5)22-23(26(31)32)29-30-25(22)27(2,3)4/h7-15,24H,1,28H2,2-6H3,(H,29,30)/b21-15-. The first kappa shape index (κ1) is 23.9. The molecule has 0 saturated carbocycles. The van der Waals surface area contributed by atoms with Crippen molar-refractivity contribution in [2.24, 2.45) is 5.73 Å². The number of benzene rings is 2. The molecule has 3 N–H and O–H groups in total. The zero-order chi connectivity index (χ0) is 25.3. The summed E-state index contributed by atoms with van der Waals surface area (Å²) in [6, 6.07) is 12.7. The van der Waals surface area contributed by atoms with Gasteiger partial charge >= 0.3 is 0 Å². The van der Waals surface area contributed by atoms with Crippen LogP contribution >= 0.6 is 0 Å². The summed E-state index contributed by atoms with van der Waals surface area (Å²) in [5, 5.41) is 7.53. The van der Waals surface area contributed by atoms with Gasteiger partial charge in [0.15, 0.2) is 5.76 Å². The molecule has 8 nitrogen and oxygen atoms in total. The summed E-state index contributed by atoms with van der Waals surface area (Å²) < 4.78 is 16.8. The number of nitrogens with one attached hydrogen (secondary N) is 1. The maximum Gasteiger partial charge on any atom is 0.277 e. The molecular formula is C27H30N4O4. The summed E-state index contributed by atoms with van der Waals surface area (Å²) in [6.45, 7) is 9.82. The second-order valence-electron chi connectivity index (χ2n) is 9.13. The summed E-state index contributed by atoms with van der Waals surface area (Å²) >= 11 is 0. The van der Waals surface area contributed by atoms with Crippen molar-refractivity contribution in [1.29, 1.82) is 0 Å². The highest BCUT2D eigenvalue weighted by atomic mass is 16.5. The van der Waals surface area contributed by atoms with E-state index in [-0.39, 0.29) is 11.3 Å². The van der Waals surface area contributed by atoms with E-state index < -0.39 is 6.04 Å². The van der Waals surface area contributed by atoms with E-state index in [1.807, 2.05) is 30.3 Å². The lowest BCUT2D eigenvalue weighted by atomic mass is 9.85. The van der Waals surface area contributed by atoms with E-state index in [0.717, 1.165) is 16.8 Å². The van der Waals surface area contributed by atoms with Crippen LogP contribution in [-0.2, 0) is 10.2 Å². The first-order chi connectivity index (χ1) is 16.8. The number of para-hydroxylation sites is 1. The van der Waals surface area contributed by atoms with Crippen LogP contribution in [0.15, 0.2) is 61.5 Å². The van der Waals surface area contributed by atoms with E-state index in [0.29, 0.717) is 34.2 Å². The van der Waals surface area contributed by atoms with Gasteiger partial charge in [0.2, 0.25) is 0 Å². The Bertz CT molecular complexity index is 1300. The average Bonchev–Trinajstić information content (AvgIpc) is 3.41. The molecule has 8 heteroatoms. The molecule has 1 unspecified atom stereocenters. The number of aromatic amines is 1. The van der Waals surface area contributed by atoms with Crippen molar-refractivity contribution in [2.75, 3.05) is 19.1 Å². The summed E-state index contributed by atoms with van der Waals surface area (Å²) in [6.07, 6.45) is 2.63. The first-order valence-corrected chi connectivity index (χ1v) is 11.2. The lowest BCUT2D eigenvalue weighted by Crippen LogP contribution is -2.30. The number of carbonyl (C=O) groups excluding carboxylic acids is 1. The fourth-order valence-electron chi connectivity index (χ4n) is 4.49. The summed E-state index contributed by atoms with van der Waals surface area (Å²) in [4.78, 5) is 15.5. The molecule has 3 aromatic rings. The third-order valence-corrected chi connectivity index (χ3v) is 6.00. The Morgan fingerprint density at radius 2 is 1.86 bits per heavy atom.